The zero-order valence-electron chi connectivity index (χ0n) is 19.9. The Morgan fingerprint density at radius 2 is 1.74 bits per heavy atom. The van der Waals surface area contributed by atoms with Gasteiger partial charge in [0.15, 0.2) is 0 Å². The number of hydrogen-bond donors (Lipinski definition) is 2. The number of aryl methyl sites for hydroxylation is 1. The van der Waals surface area contributed by atoms with Crippen LogP contribution >= 0.6 is 11.6 Å². The van der Waals surface area contributed by atoms with Gasteiger partial charge in [0.05, 0.1) is 16.1 Å². The summed E-state index contributed by atoms with van der Waals surface area (Å²) in [6.45, 7) is 0.192. The Labute approximate surface area is 218 Å². The lowest BCUT2D eigenvalue weighted by atomic mass is 10.0. The minimum atomic E-state index is -5.03. The van der Waals surface area contributed by atoms with Crippen molar-refractivity contribution in [3.05, 3.63) is 81.6 Å². The number of alkyl halides is 6. The second-order valence-electron chi connectivity index (χ2n) is 8.99. The molecule has 1 saturated carbocycles. The molecular weight excluding hydrogens is 538 g/mol. The molecule has 2 atom stereocenters. The number of amides is 2. The van der Waals surface area contributed by atoms with Crippen LogP contribution in [0.15, 0.2) is 48.5 Å². The van der Waals surface area contributed by atoms with Gasteiger partial charge in [-0.05, 0) is 30.2 Å². The standard InChI is InChI=1S/C25H21ClF6N4O2/c1-24(29,30)18-19(36(2)35-20(18)25(31,32)23(27)28)22(38)33-13-8-9-16(26)15(10-13)21(37)34-17-11-14(17)12-6-4-3-5-7-12/h3-10,14,17,23H,11H2,1-2H3,(H,33,38)(H,34,37). The Morgan fingerprint density at radius 1 is 1.08 bits per heavy atom. The van der Waals surface area contributed by atoms with E-state index in [9.17, 15) is 35.9 Å². The lowest BCUT2D eigenvalue weighted by Gasteiger charge is -2.18. The number of aromatic nitrogens is 2. The number of carbonyl (C=O) groups is 2. The minimum Gasteiger partial charge on any atom is -0.349 e. The van der Waals surface area contributed by atoms with Gasteiger partial charge < -0.3 is 10.6 Å². The van der Waals surface area contributed by atoms with Gasteiger partial charge in [-0.1, -0.05) is 41.9 Å². The highest BCUT2D eigenvalue weighted by Crippen LogP contribution is 2.43. The molecule has 1 aromatic heterocycles. The van der Waals surface area contributed by atoms with E-state index in [0.29, 0.717) is 11.1 Å². The van der Waals surface area contributed by atoms with Crippen LogP contribution in [0.2, 0.25) is 5.02 Å². The van der Waals surface area contributed by atoms with Crippen LogP contribution in [0.5, 0.6) is 0 Å². The highest BCUT2D eigenvalue weighted by Gasteiger charge is 2.52. The highest BCUT2D eigenvalue weighted by molar-refractivity contribution is 6.34. The maximum atomic E-state index is 14.3. The van der Waals surface area contributed by atoms with Crippen LogP contribution in [0.3, 0.4) is 0 Å². The van der Waals surface area contributed by atoms with Gasteiger partial charge in [-0.15, -0.1) is 0 Å². The number of rotatable bonds is 8. The first kappa shape index (κ1) is 27.5. The van der Waals surface area contributed by atoms with Crippen molar-refractivity contribution >= 4 is 29.1 Å². The summed E-state index contributed by atoms with van der Waals surface area (Å²) in [7, 11) is 0.898. The van der Waals surface area contributed by atoms with Crippen LogP contribution in [0.25, 0.3) is 0 Å². The first-order valence-electron chi connectivity index (χ1n) is 11.3. The van der Waals surface area contributed by atoms with Crippen molar-refractivity contribution < 1.29 is 35.9 Å². The van der Waals surface area contributed by atoms with E-state index in [1.807, 2.05) is 30.3 Å². The van der Waals surface area contributed by atoms with E-state index in [4.69, 9.17) is 11.6 Å². The molecule has 6 nitrogen and oxygen atoms in total. The molecule has 13 heteroatoms. The number of nitrogens with one attached hydrogen (secondary N) is 2. The fourth-order valence-electron chi connectivity index (χ4n) is 4.17. The molecule has 2 amide bonds. The van der Waals surface area contributed by atoms with Crippen LogP contribution in [0.4, 0.5) is 32.0 Å². The summed E-state index contributed by atoms with van der Waals surface area (Å²) in [5, 5.41) is 8.23. The fraction of sp³-hybridized carbons (Fsp3) is 0.320. The molecule has 1 heterocycles. The summed E-state index contributed by atoms with van der Waals surface area (Å²) in [4.78, 5) is 25.7. The van der Waals surface area contributed by atoms with Crippen molar-refractivity contribution in [2.45, 2.75) is 43.6 Å². The maximum Gasteiger partial charge on any atom is 0.351 e. The zero-order valence-corrected chi connectivity index (χ0v) is 20.7. The Bertz CT molecular complexity index is 1370. The normalized spacial score (nSPS) is 17.4. The van der Waals surface area contributed by atoms with Gasteiger partial charge >= 0.3 is 12.3 Å². The smallest absolute Gasteiger partial charge is 0.349 e. The summed E-state index contributed by atoms with van der Waals surface area (Å²) < 4.78 is 82.9. The van der Waals surface area contributed by atoms with Gasteiger partial charge in [0, 0.05) is 31.6 Å². The van der Waals surface area contributed by atoms with Crippen molar-refractivity contribution in [1.29, 1.82) is 0 Å². The van der Waals surface area contributed by atoms with Gasteiger partial charge in [-0.2, -0.15) is 13.9 Å². The zero-order chi connectivity index (χ0) is 28.0. The first-order chi connectivity index (χ1) is 17.7. The van der Waals surface area contributed by atoms with Gasteiger partial charge in [-0.3, -0.25) is 14.3 Å². The highest BCUT2D eigenvalue weighted by atomic mass is 35.5. The SMILES string of the molecule is Cn1nc(C(F)(F)C(F)F)c(C(C)(F)F)c1C(=O)Nc1ccc(Cl)c(C(=O)NC2CC2c2ccccc2)c1. The van der Waals surface area contributed by atoms with Crippen molar-refractivity contribution in [2.24, 2.45) is 7.05 Å². The summed E-state index contributed by atoms with van der Waals surface area (Å²) in [5.74, 6) is -10.9. The first-order valence-corrected chi connectivity index (χ1v) is 11.7. The molecule has 2 unspecified atom stereocenters. The molecule has 202 valence electrons. The van der Waals surface area contributed by atoms with Gasteiger partial charge in [0.2, 0.25) is 0 Å². The van der Waals surface area contributed by atoms with Crippen LogP contribution in [0, 0.1) is 0 Å². The Hall–Kier alpha value is -3.54. The molecular formula is C25H21ClF6N4O2. The van der Waals surface area contributed by atoms with Gasteiger partial charge in [-0.25, -0.2) is 17.6 Å². The summed E-state index contributed by atoms with van der Waals surface area (Å²) in [6.07, 6.45) is -3.62. The molecule has 38 heavy (non-hydrogen) atoms. The number of carbonyl (C=O) groups excluding carboxylic acids is 2. The lowest BCUT2D eigenvalue weighted by molar-refractivity contribution is -0.141. The van der Waals surface area contributed by atoms with Gasteiger partial charge in [0.1, 0.15) is 11.4 Å². The third-order valence-corrected chi connectivity index (χ3v) is 6.42. The molecule has 1 fully saturated rings. The van der Waals surface area contributed by atoms with E-state index in [2.05, 4.69) is 15.7 Å². The number of halogens is 7. The molecule has 1 aliphatic carbocycles. The average Bonchev–Trinajstić information content (AvgIpc) is 3.50. The van der Waals surface area contributed by atoms with Crippen LogP contribution in [0.1, 0.15) is 56.9 Å². The molecule has 0 spiro atoms. The van der Waals surface area contributed by atoms with Crippen molar-refractivity contribution in [2.75, 3.05) is 5.32 Å². The monoisotopic (exact) mass is 558 g/mol. The molecule has 0 saturated heterocycles. The fourth-order valence-corrected chi connectivity index (χ4v) is 4.38. The minimum absolute atomic E-state index is 0.0286. The molecule has 0 radical (unpaired) electrons. The summed E-state index contributed by atoms with van der Waals surface area (Å²) >= 11 is 6.15. The predicted molar refractivity (Wildman–Crippen MR) is 127 cm³/mol. The summed E-state index contributed by atoms with van der Waals surface area (Å²) in [6, 6.07) is 13.1. The van der Waals surface area contributed by atoms with Crippen LogP contribution in [-0.4, -0.2) is 34.1 Å². The Morgan fingerprint density at radius 3 is 2.34 bits per heavy atom. The van der Waals surface area contributed by atoms with Crippen molar-refractivity contribution in [3.63, 3.8) is 0 Å². The molecule has 3 aromatic rings. The Kier molecular flexibility index (Phi) is 7.21. The second kappa shape index (κ2) is 9.97. The molecule has 1 aliphatic rings. The quantitative estimate of drug-likeness (QED) is 0.329. The molecule has 0 aliphatic heterocycles. The number of hydrogen-bond acceptors (Lipinski definition) is 3. The van der Waals surface area contributed by atoms with Crippen molar-refractivity contribution in [1.82, 2.24) is 15.1 Å². The number of benzene rings is 2. The second-order valence-corrected chi connectivity index (χ2v) is 9.40. The van der Waals surface area contributed by atoms with Crippen LogP contribution in [-0.2, 0) is 18.9 Å². The van der Waals surface area contributed by atoms with Crippen LogP contribution < -0.4 is 10.6 Å². The molecule has 0 bridgehead atoms. The molecule has 2 N–H and O–H groups in total. The van der Waals surface area contributed by atoms with E-state index < -0.39 is 47.0 Å². The van der Waals surface area contributed by atoms with Gasteiger partial charge in [0.25, 0.3) is 17.7 Å². The van der Waals surface area contributed by atoms with E-state index >= 15 is 0 Å². The largest absolute Gasteiger partial charge is 0.351 e. The third-order valence-electron chi connectivity index (χ3n) is 6.09. The predicted octanol–water partition coefficient (Wildman–Crippen LogP) is 6.08. The van der Waals surface area contributed by atoms with Crippen molar-refractivity contribution in [3.8, 4) is 0 Å². The van der Waals surface area contributed by atoms with E-state index in [0.717, 1.165) is 12.6 Å². The average molecular weight is 559 g/mol. The van der Waals surface area contributed by atoms with E-state index in [1.54, 1.807) is 0 Å². The van der Waals surface area contributed by atoms with E-state index in [1.165, 1.54) is 18.2 Å². The van der Waals surface area contributed by atoms with E-state index in [-0.39, 0.29) is 35.2 Å². The molecule has 2 aromatic carbocycles. The number of anilines is 1. The molecule has 4 rings (SSSR count). The lowest BCUT2D eigenvalue weighted by Crippen LogP contribution is -2.29. The third kappa shape index (κ3) is 5.35. The Balaban J connectivity index is 1.57. The summed E-state index contributed by atoms with van der Waals surface area (Å²) in [5.41, 5.74) is -3.62. The number of nitrogens with zero attached hydrogens (tertiary/aromatic N) is 2. The maximum absolute atomic E-state index is 14.3. The topological polar surface area (TPSA) is 76.0 Å².